The van der Waals surface area contributed by atoms with Crippen LogP contribution in [0.4, 0.5) is 0 Å². The van der Waals surface area contributed by atoms with Gasteiger partial charge < -0.3 is 14.6 Å². The molecule has 0 spiro atoms. The second-order valence-electron chi connectivity index (χ2n) is 6.49. The number of ether oxygens (including phenoxy) is 2. The lowest BCUT2D eigenvalue weighted by Crippen LogP contribution is -2.21. The van der Waals surface area contributed by atoms with Gasteiger partial charge in [0.15, 0.2) is 0 Å². The van der Waals surface area contributed by atoms with E-state index in [0.29, 0.717) is 24.0 Å². The molecule has 30 heavy (non-hydrogen) atoms. The van der Waals surface area contributed by atoms with Gasteiger partial charge in [0, 0.05) is 23.6 Å². The smallest absolute Gasteiger partial charge is 0.330 e. The number of hydrogen-bond acceptors (Lipinski definition) is 9. The first-order valence-corrected chi connectivity index (χ1v) is 12.2. The van der Waals surface area contributed by atoms with Crippen LogP contribution in [0, 0.1) is 6.92 Å². The van der Waals surface area contributed by atoms with Crippen molar-refractivity contribution in [3.63, 3.8) is 0 Å². The molecule has 166 valence electrons. The highest BCUT2D eigenvalue weighted by atomic mass is 32.2. The summed E-state index contributed by atoms with van der Waals surface area (Å²) in [4.78, 5) is 32.5. The lowest BCUT2D eigenvalue weighted by Gasteiger charge is -2.11. The molecule has 0 aromatic heterocycles. The topological polar surface area (TPSA) is 97.6 Å². The molecular weight excluding hydrogens is 424 g/mol. The first-order valence-electron chi connectivity index (χ1n) is 9.41. The maximum absolute atomic E-state index is 11.9. The lowest BCUT2D eigenvalue weighted by molar-refractivity contribution is -0.142. The van der Waals surface area contributed by atoms with Crippen LogP contribution < -0.4 is 0 Å². The number of thioether (sulfide) groups is 2. The number of carbonyl (C=O) groups excluding carboxylic acids is 2. The molecule has 0 amide bonds. The van der Waals surface area contributed by atoms with Gasteiger partial charge in [-0.05, 0) is 61.5 Å². The third kappa shape index (κ3) is 8.39. The maximum atomic E-state index is 11.9. The summed E-state index contributed by atoms with van der Waals surface area (Å²) in [6.07, 6.45) is 7.96. The van der Waals surface area contributed by atoms with Gasteiger partial charge in [-0.15, -0.1) is 0 Å². The Morgan fingerprint density at radius 2 is 1.37 bits per heavy atom. The van der Waals surface area contributed by atoms with Gasteiger partial charge in [-0.3, -0.25) is 9.98 Å². The zero-order chi connectivity index (χ0) is 22.5. The van der Waals surface area contributed by atoms with Gasteiger partial charge >= 0.3 is 11.9 Å². The highest BCUT2D eigenvalue weighted by molar-refractivity contribution is 7.98. The van der Waals surface area contributed by atoms with Gasteiger partial charge in [0.2, 0.25) is 0 Å². The third-order valence-electron chi connectivity index (χ3n) is 4.24. The quantitative estimate of drug-likeness (QED) is 0.383. The molecule has 1 aromatic rings. The third-order valence-corrected chi connectivity index (χ3v) is 5.53. The van der Waals surface area contributed by atoms with E-state index in [9.17, 15) is 14.7 Å². The summed E-state index contributed by atoms with van der Waals surface area (Å²) < 4.78 is 9.63. The van der Waals surface area contributed by atoms with Crippen molar-refractivity contribution in [3.8, 4) is 5.75 Å². The van der Waals surface area contributed by atoms with Crippen molar-refractivity contribution in [2.75, 3.05) is 38.2 Å². The minimum absolute atomic E-state index is 0.0185. The molecule has 1 rings (SSSR count). The molecule has 0 aliphatic rings. The number of benzene rings is 1. The second kappa shape index (κ2) is 14.1. The Bertz CT molecular complexity index is 709. The molecule has 0 saturated heterocycles. The Balaban J connectivity index is 3.15. The number of nitrogens with zero attached hydrogens (tertiary/aromatic N) is 2. The molecule has 0 radical (unpaired) electrons. The van der Waals surface area contributed by atoms with Crippen molar-refractivity contribution >= 4 is 47.9 Å². The SMILES string of the molecule is COC(=O)[C@H](CCSC)N=Cc1cc(C)cc(C=N[C@@H](CCSC)C(=O)OC)c1O. The van der Waals surface area contributed by atoms with Gasteiger partial charge in [0.25, 0.3) is 0 Å². The molecule has 1 N–H and O–H groups in total. The summed E-state index contributed by atoms with van der Waals surface area (Å²) in [6, 6.07) is 2.28. The van der Waals surface area contributed by atoms with E-state index in [-0.39, 0.29) is 5.75 Å². The molecule has 0 fully saturated rings. The zero-order valence-corrected chi connectivity index (χ0v) is 19.7. The second-order valence-corrected chi connectivity index (χ2v) is 8.46. The van der Waals surface area contributed by atoms with Crippen LogP contribution in [-0.4, -0.2) is 79.8 Å². The van der Waals surface area contributed by atoms with Crippen LogP contribution in [0.1, 0.15) is 29.5 Å². The van der Waals surface area contributed by atoms with E-state index >= 15 is 0 Å². The summed E-state index contributed by atoms with van der Waals surface area (Å²) in [7, 11) is 2.66. The van der Waals surface area contributed by atoms with Gasteiger partial charge in [-0.2, -0.15) is 23.5 Å². The molecule has 0 aliphatic carbocycles. The molecular formula is C21H30N2O5S2. The Kier molecular flexibility index (Phi) is 12.2. The average molecular weight is 455 g/mol. The predicted molar refractivity (Wildman–Crippen MR) is 126 cm³/mol. The number of carbonyl (C=O) groups is 2. The number of methoxy groups -OCH3 is 2. The van der Waals surface area contributed by atoms with E-state index in [2.05, 4.69) is 9.98 Å². The number of rotatable bonds is 12. The van der Waals surface area contributed by atoms with Crippen LogP contribution in [0.2, 0.25) is 0 Å². The lowest BCUT2D eigenvalue weighted by atomic mass is 10.1. The van der Waals surface area contributed by atoms with Crippen molar-refractivity contribution in [2.24, 2.45) is 9.98 Å². The number of hydrogen-bond donors (Lipinski definition) is 1. The van der Waals surface area contributed by atoms with E-state index in [1.54, 1.807) is 35.7 Å². The number of aryl methyl sites for hydroxylation is 1. The van der Waals surface area contributed by atoms with Crippen molar-refractivity contribution in [2.45, 2.75) is 31.8 Å². The van der Waals surface area contributed by atoms with Crippen molar-refractivity contribution in [3.05, 3.63) is 28.8 Å². The van der Waals surface area contributed by atoms with Crippen LogP contribution in [0.3, 0.4) is 0 Å². The molecule has 0 bridgehead atoms. The summed E-state index contributed by atoms with van der Waals surface area (Å²) in [6.45, 7) is 1.88. The largest absolute Gasteiger partial charge is 0.507 e. The number of aromatic hydroxyl groups is 1. The van der Waals surface area contributed by atoms with Crippen LogP contribution in [0.5, 0.6) is 5.75 Å². The maximum Gasteiger partial charge on any atom is 0.330 e. The number of phenols is 1. The molecule has 2 atom stereocenters. The Morgan fingerprint density at radius 1 is 0.967 bits per heavy atom. The van der Waals surface area contributed by atoms with Crippen LogP contribution in [-0.2, 0) is 19.1 Å². The van der Waals surface area contributed by atoms with Crippen LogP contribution >= 0.6 is 23.5 Å². The first-order chi connectivity index (χ1) is 14.4. The zero-order valence-electron chi connectivity index (χ0n) is 18.1. The van der Waals surface area contributed by atoms with Gasteiger partial charge in [-0.25, -0.2) is 9.59 Å². The van der Waals surface area contributed by atoms with E-state index in [1.807, 2.05) is 19.4 Å². The van der Waals surface area contributed by atoms with E-state index < -0.39 is 24.0 Å². The molecule has 7 nitrogen and oxygen atoms in total. The van der Waals surface area contributed by atoms with E-state index in [1.165, 1.54) is 26.6 Å². The van der Waals surface area contributed by atoms with Gasteiger partial charge in [-0.1, -0.05) is 0 Å². The van der Waals surface area contributed by atoms with Crippen molar-refractivity contribution in [1.82, 2.24) is 0 Å². The van der Waals surface area contributed by atoms with Crippen molar-refractivity contribution in [1.29, 1.82) is 0 Å². The summed E-state index contributed by atoms with van der Waals surface area (Å²) in [5.41, 5.74) is 1.81. The monoisotopic (exact) mass is 454 g/mol. The molecule has 1 aromatic carbocycles. The van der Waals surface area contributed by atoms with Crippen LogP contribution in [0.15, 0.2) is 22.1 Å². The standard InChI is InChI=1S/C21H30N2O5S2/c1-14-10-15(12-22-17(6-8-29-4)20(25)27-2)19(24)16(11-14)13-23-18(7-9-30-5)21(26)28-3/h10-13,17-18,24H,6-9H2,1-5H3/t17-,18-/m0/s1. The number of esters is 2. The normalized spacial score (nSPS) is 13.5. The highest BCUT2D eigenvalue weighted by Crippen LogP contribution is 2.23. The fraction of sp³-hybridized carbons (Fsp3) is 0.524. The van der Waals surface area contributed by atoms with Crippen molar-refractivity contribution < 1.29 is 24.2 Å². The Labute approximate surface area is 186 Å². The Morgan fingerprint density at radius 3 is 1.70 bits per heavy atom. The molecule has 0 saturated carbocycles. The summed E-state index contributed by atoms with van der Waals surface area (Å²) in [5.74, 6) is 0.683. The van der Waals surface area contributed by atoms with E-state index in [4.69, 9.17) is 9.47 Å². The molecule has 0 aliphatic heterocycles. The fourth-order valence-corrected chi connectivity index (χ4v) is 3.53. The van der Waals surface area contributed by atoms with Gasteiger partial charge in [0.1, 0.15) is 17.8 Å². The molecule has 0 unspecified atom stereocenters. The van der Waals surface area contributed by atoms with Crippen LogP contribution in [0.25, 0.3) is 0 Å². The number of phenolic OH excluding ortho intramolecular Hbond substituents is 1. The average Bonchev–Trinajstić information content (AvgIpc) is 2.75. The molecule has 9 heteroatoms. The minimum Gasteiger partial charge on any atom is -0.507 e. The fourth-order valence-electron chi connectivity index (χ4n) is 2.61. The summed E-state index contributed by atoms with van der Waals surface area (Å²) >= 11 is 3.24. The molecule has 0 heterocycles. The highest BCUT2D eigenvalue weighted by Gasteiger charge is 2.18. The summed E-state index contributed by atoms with van der Waals surface area (Å²) in [5, 5.41) is 10.7. The number of aliphatic imine (C=N–C) groups is 2. The minimum atomic E-state index is -0.630. The predicted octanol–water partition coefficient (Wildman–Crippen LogP) is 3.13. The van der Waals surface area contributed by atoms with E-state index in [0.717, 1.165) is 17.1 Å². The van der Waals surface area contributed by atoms with Gasteiger partial charge in [0.05, 0.1) is 14.2 Å². The Hall–Kier alpha value is -2.00. The first kappa shape index (κ1) is 26.0.